The molecule has 3 N–H and O–H groups in total. The van der Waals surface area contributed by atoms with Gasteiger partial charge in [0.1, 0.15) is 22.9 Å². The van der Waals surface area contributed by atoms with E-state index in [2.05, 4.69) is 27.8 Å². The maximum absolute atomic E-state index is 10.7. The lowest BCUT2D eigenvalue weighted by molar-refractivity contribution is 0.0428. The van der Waals surface area contributed by atoms with Crippen LogP contribution >= 0.6 is 0 Å². The number of furan rings is 1. The summed E-state index contributed by atoms with van der Waals surface area (Å²) < 4.78 is 11.1. The van der Waals surface area contributed by atoms with Gasteiger partial charge < -0.3 is 24.9 Å². The first-order valence-electron chi connectivity index (χ1n) is 9.85. The van der Waals surface area contributed by atoms with Crippen molar-refractivity contribution in [2.45, 2.75) is 44.6 Å². The Morgan fingerprint density at radius 3 is 2.61 bits per heavy atom. The van der Waals surface area contributed by atoms with E-state index in [1.165, 1.54) is 5.56 Å². The van der Waals surface area contributed by atoms with E-state index < -0.39 is 5.60 Å². The van der Waals surface area contributed by atoms with E-state index in [9.17, 15) is 5.11 Å². The summed E-state index contributed by atoms with van der Waals surface area (Å²) in [5, 5.41) is 17.4. The van der Waals surface area contributed by atoms with Crippen LogP contribution in [0.25, 0.3) is 0 Å². The highest BCUT2D eigenvalue weighted by Gasteiger charge is 2.46. The largest absolute Gasteiger partial charge is 0.496 e. The van der Waals surface area contributed by atoms with Gasteiger partial charge in [0.25, 0.3) is 0 Å². The maximum atomic E-state index is 10.7. The van der Waals surface area contributed by atoms with E-state index in [0.717, 1.165) is 37.4 Å². The fourth-order valence-corrected chi connectivity index (χ4v) is 3.40. The summed E-state index contributed by atoms with van der Waals surface area (Å²) >= 11 is 0. The van der Waals surface area contributed by atoms with Gasteiger partial charge in [0.05, 0.1) is 13.7 Å². The average molecular weight is 386 g/mol. The number of ether oxygens (including phenoxy) is 1. The van der Waals surface area contributed by atoms with Crippen molar-refractivity contribution >= 4 is 5.96 Å². The predicted octanol–water partition coefficient (Wildman–Crippen LogP) is 3.09. The number of aryl methyl sites for hydroxylation is 1. The summed E-state index contributed by atoms with van der Waals surface area (Å²) in [5.41, 5.74) is 0.152. The van der Waals surface area contributed by atoms with Gasteiger partial charge in [0, 0.05) is 24.1 Å². The highest BCUT2D eigenvalue weighted by molar-refractivity contribution is 5.80. The third kappa shape index (κ3) is 4.50. The third-order valence-corrected chi connectivity index (χ3v) is 5.29. The van der Waals surface area contributed by atoms with Gasteiger partial charge in [-0.2, -0.15) is 0 Å². The zero-order valence-corrected chi connectivity index (χ0v) is 17.2. The summed E-state index contributed by atoms with van der Waals surface area (Å²) in [6.07, 6.45) is 2.23. The smallest absolute Gasteiger partial charge is 0.191 e. The Kier molecular flexibility index (Phi) is 5.98. The normalized spacial score (nSPS) is 17.7. The molecule has 6 nitrogen and oxygen atoms in total. The fourth-order valence-electron chi connectivity index (χ4n) is 3.40. The Morgan fingerprint density at radius 1 is 1.25 bits per heavy atom. The van der Waals surface area contributed by atoms with Crippen LogP contribution in [0.1, 0.15) is 43.8 Å². The lowest BCUT2D eigenvalue weighted by Crippen LogP contribution is -2.42. The van der Waals surface area contributed by atoms with Crippen LogP contribution in [-0.2, 0) is 11.0 Å². The van der Waals surface area contributed by atoms with Crippen LogP contribution < -0.4 is 15.4 Å². The van der Waals surface area contributed by atoms with Crippen LogP contribution in [0.4, 0.5) is 0 Å². The number of benzene rings is 1. The molecule has 2 aromatic rings. The Hall–Kier alpha value is -2.47. The summed E-state index contributed by atoms with van der Waals surface area (Å²) in [6, 6.07) is 11.8. The lowest BCUT2D eigenvalue weighted by Gasteiger charge is -2.22. The minimum absolute atomic E-state index is 0.0729. The van der Waals surface area contributed by atoms with Crippen LogP contribution in [0.3, 0.4) is 0 Å². The lowest BCUT2D eigenvalue weighted by atomic mass is 9.95. The summed E-state index contributed by atoms with van der Waals surface area (Å²) in [7, 11) is 1.71. The van der Waals surface area contributed by atoms with Crippen molar-refractivity contribution < 1.29 is 14.3 Å². The summed E-state index contributed by atoms with van der Waals surface area (Å²) in [6.45, 7) is 7.32. The number of rotatable bonds is 8. The molecule has 1 saturated carbocycles. The van der Waals surface area contributed by atoms with Crippen molar-refractivity contribution in [3.63, 3.8) is 0 Å². The molecular formula is C22H31N3O3. The molecule has 0 bridgehead atoms. The molecule has 1 fully saturated rings. The molecule has 28 heavy (non-hydrogen) atoms. The number of nitrogens with zero attached hydrogens (tertiary/aromatic N) is 1. The monoisotopic (exact) mass is 385 g/mol. The number of methoxy groups -OCH3 is 1. The Balaban J connectivity index is 1.68. The Morgan fingerprint density at radius 2 is 2.00 bits per heavy atom. The van der Waals surface area contributed by atoms with E-state index in [1.54, 1.807) is 20.1 Å². The molecule has 6 heteroatoms. The van der Waals surface area contributed by atoms with Crippen molar-refractivity contribution in [3.8, 4) is 5.75 Å². The standard InChI is InChI=1S/C22H31N3O3/c1-5-23-20(24-14-21(3,26)19-11-10-16(2)28-19)25-15-22(12-13-22)17-8-6-7-9-18(17)27-4/h6-11,26H,5,12-15H2,1-4H3,(H2,23,24,25). The van der Waals surface area contributed by atoms with E-state index >= 15 is 0 Å². The number of guanidine groups is 1. The van der Waals surface area contributed by atoms with E-state index in [1.807, 2.05) is 32.0 Å². The van der Waals surface area contributed by atoms with E-state index in [-0.39, 0.29) is 12.0 Å². The highest BCUT2D eigenvalue weighted by Crippen LogP contribution is 2.50. The highest BCUT2D eigenvalue weighted by atomic mass is 16.5. The van der Waals surface area contributed by atoms with Gasteiger partial charge in [0.2, 0.25) is 0 Å². The molecule has 0 aliphatic heterocycles. The van der Waals surface area contributed by atoms with Crippen molar-refractivity contribution in [1.29, 1.82) is 0 Å². The van der Waals surface area contributed by atoms with E-state index in [4.69, 9.17) is 9.15 Å². The second kappa shape index (κ2) is 8.27. The quantitative estimate of drug-likeness (QED) is 0.481. The minimum Gasteiger partial charge on any atom is -0.496 e. The number of hydrogen-bond donors (Lipinski definition) is 3. The molecule has 1 aliphatic carbocycles. The van der Waals surface area contributed by atoms with Crippen molar-refractivity contribution in [2.75, 3.05) is 26.7 Å². The van der Waals surface area contributed by atoms with Crippen molar-refractivity contribution in [1.82, 2.24) is 10.6 Å². The topological polar surface area (TPSA) is 79.0 Å². The summed E-state index contributed by atoms with van der Waals surface area (Å²) in [5.74, 6) is 2.92. The number of aliphatic hydroxyl groups is 1. The molecule has 0 amide bonds. The Labute approximate surface area is 167 Å². The maximum Gasteiger partial charge on any atom is 0.191 e. The van der Waals surface area contributed by atoms with Gasteiger partial charge >= 0.3 is 0 Å². The molecule has 1 aromatic carbocycles. The number of para-hydroxylation sites is 1. The minimum atomic E-state index is -1.16. The van der Waals surface area contributed by atoms with Gasteiger partial charge in [-0.25, -0.2) is 4.99 Å². The molecule has 1 atom stereocenters. The van der Waals surface area contributed by atoms with Crippen LogP contribution in [0.5, 0.6) is 5.75 Å². The zero-order valence-electron chi connectivity index (χ0n) is 17.2. The second-order valence-electron chi connectivity index (χ2n) is 7.71. The summed E-state index contributed by atoms with van der Waals surface area (Å²) in [4.78, 5) is 4.59. The van der Waals surface area contributed by atoms with Crippen molar-refractivity contribution in [3.05, 3.63) is 53.5 Å². The molecule has 152 valence electrons. The van der Waals surface area contributed by atoms with Gasteiger partial charge in [-0.3, -0.25) is 0 Å². The Bertz CT molecular complexity index is 822. The molecule has 1 aromatic heterocycles. The molecule has 1 aliphatic rings. The number of nitrogens with one attached hydrogen (secondary N) is 2. The molecule has 0 spiro atoms. The predicted molar refractivity (Wildman–Crippen MR) is 111 cm³/mol. The van der Waals surface area contributed by atoms with Gasteiger partial charge in [-0.1, -0.05) is 18.2 Å². The van der Waals surface area contributed by atoms with Gasteiger partial charge in [-0.15, -0.1) is 0 Å². The molecular weight excluding hydrogens is 354 g/mol. The third-order valence-electron chi connectivity index (χ3n) is 5.29. The first-order valence-corrected chi connectivity index (χ1v) is 9.85. The first kappa shape index (κ1) is 20.3. The molecule has 0 saturated heterocycles. The van der Waals surface area contributed by atoms with Gasteiger partial charge in [-0.05, 0) is 51.8 Å². The van der Waals surface area contributed by atoms with Crippen LogP contribution in [0, 0.1) is 6.92 Å². The fraction of sp³-hybridized carbons (Fsp3) is 0.500. The molecule has 1 unspecified atom stereocenters. The van der Waals surface area contributed by atoms with Gasteiger partial charge in [0.15, 0.2) is 5.96 Å². The van der Waals surface area contributed by atoms with Crippen LogP contribution in [-0.4, -0.2) is 37.8 Å². The van der Waals surface area contributed by atoms with Crippen LogP contribution in [0.2, 0.25) is 0 Å². The second-order valence-corrected chi connectivity index (χ2v) is 7.71. The number of hydrogen-bond acceptors (Lipinski definition) is 4. The molecule has 3 rings (SSSR count). The zero-order chi connectivity index (χ0) is 20.2. The van der Waals surface area contributed by atoms with Crippen LogP contribution in [0.15, 0.2) is 45.8 Å². The molecule has 1 heterocycles. The average Bonchev–Trinajstić information content (AvgIpc) is 3.35. The first-order chi connectivity index (χ1) is 13.4. The van der Waals surface area contributed by atoms with E-state index in [0.29, 0.717) is 11.7 Å². The van der Waals surface area contributed by atoms with Crippen molar-refractivity contribution in [2.24, 2.45) is 4.99 Å². The SMILES string of the molecule is CCNC(=NCC(C)(O)c1ccc(C)o1)NCC1(c2ccccc2OC)CC1. The molecule has 0 radical (unpaired) electrons. The number of aliphatic imine (C=N–C) groups is 1.